The number of thioether (sulfide) groups is 1. The lowest BCUT2D eigenvalue weighted by molar-refractivity contribution is -0.137. The molecule has 20 heavy (non-hydrogen) atoms. The molecule has 0 saturated heterocycles. The minimum absolute atomic E-state index is 0.0597. The first-order chi connectivity index (χ1) is 9.25. The molecule has 1 aromatic carbocycles. The Balaban J connectivity index is 2.84. The van der Waals surface area contributed by atoms with Gasteiger partial charge in [0.2, 0.25) is 5.91 Å². The number of alkyl halides is 3. The van der Waals surface area contributed by atoms with E-state index in [1.54, 1.807) is 11.8 Å². The number of nitrogens with two attached hydrogens (primary N) is 1. The van der Waals surface area contributed by atoms with Crippen molar-refractivity contribution in [3.8, 4) is 0 Å². The molecule has 0 heterocycles. The molecular weight excluding hydrogens is 357 g/mol. The van der Waals surface area contributed by atoms with Gasteiger partial charge in [-0.2, -0.15) is 24.9 Å². The normalized spacial score (nSPS) is 13.1. The van der Waals surface area contributed by atoms with E-state index in [9.17, 15) is 18.0 Å². The number of halogens is 4. The Morgan fingerprint density at radius 3 is 2.70 bits per heavy atom. The molecule has 0 radical (unpaired) electrons. The second-order valence-corrected chi connectivity index (χ2v) is 5.91. The summed E-state index contributed by atoms with van der Waals surface area (Å²) in [6.45, 7) is 0. The highest BCUT2D eigenvalue weighted by Crippen LogP contribution is 2.33. The molecule has 1 atom stereocenters. The van der Waals surface area contributed by atoms with Crippen molar-refractivity contribution in [2.75, 3.05) is 17.3 Å². The van der Waals surface area contributed by atoms with E-state index in [0.29, 0.717) is 16.6 Å². The van der Waals surface area contributed by atoms with Crippen LogP contribution in [0.3, 0.4) is 0 Å². The summed E-state index contributed by atoms with van der Waals surface area (Å²) in [7, 11) is 0. The number of carbonyl (C=O) groups is 1. The summed E-state index contributed by atoms with van der Waals surface area (Å²) < 4.78 is 38.2. The molecule has 1 rings (SSSR count). The van der Waals surface area contributed by atoms with Crippen molar-refractivity contribution in [3.05, 3.63) is 28.2 Å². The van der Waals surface area contributed by atoms with Crippen LogP contribution >= 0.6 is 27.7 Å². The SMILES string of the molecule is CSCC[C@@H](N)C(=O)Nc1cc(C(F)(F)F)ccc1Br. The maximum absolute atomic E-state index is 12.6. The molecule has 0 fully saturated rings. The van der Waals surface area contributed by atoms with E-state index in [1.165, 1.54) is 6.07 Å². The van der Waals surface area contributed by atoms with Crippen molar-refractivity contribution >= 4 is 39.3 Å². The van der Waals surface area contributed by atoms with Crippen LogP contribution in [-0.4, -0.2) is 24.0 Å². The lowest BCUT2D eigenvalue weighted by Crippen LogP contribution is -2.36. The van der Waals surface area contributed by atoms with Crippen molar-refractivity contribution in [1.29, 1.82) is 0 Å². The minimum atomic E-state index is -4.46. The average molecular weight is 371 g/mol. The van der Waals surface area contributed by atoms with E-state index < -0.39 is 23.7 Å². The van der Waals surface area contributed by atoms with Gasteiger partial charge in [0.05, 0.1) is 17.3 Å². The zero-order chi connectivity index (χ0) is 15.3. The Labute approximate surface area is 127 Å². The number of nitrogens with one attached hydrogen (secondary N) is 1. The van der Waals surface area contributed by atoms with Gasteiger partial charge < -0.3 is 11.1 Å². The lowest BCUT2D eigenvalue weighted by Gasteiger charge is -2.14. The molecule has 0 aliphatic carbocycles. The van der Waals surface area contributed by atoms with Crippen LogP contribution in [0.25, 0.3) is 0 Å². The van der Waals surface area contributed by atoms with Crippen LogP contribution in [0, 0.1) is 0 Å². The molecule has 0 aliphatic rings. The molecule has 1 aromatic rings. The fourth-order valence-electron chi connectivity index (χ4n) is 1.40. The number of benzene rings is 1. The first kappa shape index (κ1) is 17.3. The zero-order valence-electron chi connectivity index (χ0n) is 10.6. The van der Waals surface area contributed by atoms with E-state index in [4.69, 9.17) is 5.73 Å². The molecule has 8 heteroatoms. The van der Waals surface area contributed by atoms with Crippen LogP contribution in [0.1, 0.15) is 12.0 Å². The Morgan fingerprint density at radius 2 is 2.15 bits per heavy atom. The van der Waals surface area contributed by atoms with Gasteiger partial charge in [0, 0.05) is 4.47 Å². The van der Waals surface area contributed by atoms with Gasteiger partial charge in [0.25, 0.3) is 0 Å². The number of hydrogen-bond donors (Lipinski definition) is 2. The van der Waals surface area contributed by atoms with Crippen molar-refractivity contribution in [2.24, 2.45) is 5.73 Å². The molecule has 0 bridgehead atoms. The summed E-state index contributed by atoms with van der Waals surface area (Å²) in [6, 6.07) is 2.31. The fourth-order valence-corrected chi connectivity index (χ4v) is 2.23. The predicted molar refractivity (Wildman–Crippen MR) is 78.7 cm³/mol. The Hall–Kier alpha value is -0.730. The summed E-state index contributed by atoms with van der Waals surface area (Å²) in [5, 5.41) is 2.41. The van der Waals surface area contributed by atoms with Crippen molar-refractivity contribution in [3.63, 3.8) is 0 Å². The Bertz CT molecular complexity index is 482. The molecule has 0 spiro atoms. The van der Waals surface area contributed by atoms with Crippen molar-refractivity contribution in [1.82, 2.24) is 0 Å². The average Bonchev–Trinajstić information content (AvgIpc) is 2.37. The number of hydrogen-bond acceptors (Lipinski definition) is 3. The van der Waals surface area contributed by atoms with E-state index in [1.807, 2.05) is 6.26 Å². The number of carbonyl (C=O) groups excluding carboxylic acids is 1. The second kappa shape index (κ2) is 7.33. The molecule has 1 amide bonds. The van der Waals surface area contributed by atoms with Gasteiger partial charge in [-0.15, -0.1) is 0 Å². The molecule has 0 aliphatic heterocycles. The third-order valence-electron chi connectivity index (χ3n) is 2.52. The highest BCUT2D eigenvalue weighted by atomic mass is 79.9. The minimum Gasteiger partial charge on any atom is -0.324 e. The van der Waals surface area contributed by atoms with E-state index >= 15 is 0 Å². The Morgan fingerprint density at radius 1 is 1.50 bits per heavy atom. The summed E-state index contributed by atoms with van der Waals surface area (Å²) in [5.74, 6) is 0.206. The smallest absolute Gasteiger partial charge is 0.324 e. The van der Waals surface area contributed by atoms with Gasteiger partial charge in [0.15, 0.2) is 0 Å². The first-order valence-corrected chi connectivity index (χ1v) is 7.86. The van der Waals surface area contributed by atoms with Crippen LogP contribution in [0.15, 0.2) is 22.7 Å². The molecule has 112 valence electrons. The van der Waals surface area contributed by atoms with Gasteiger partial charge in [0.1, 0.15) is 0 Å². The molecular formula is C12H14BrF3N2OS. The molecule has 0 unspecified atom stereocenters. The third kappa shape index (κ3) is 4.99. The Kier molecular flexibility index (Phi) is 6.35. The number of amides is 1. The van der Waals surface area contributed by atoms with Crippen LogP contribution in [0.2, 0.25) is 0 Å². The number of anilines is 1. The maximum Gasteiger partial charge on any atom is 0.416 e. The monoisotopic (exact) mass is 370 g/mol. The molecule has 0 saturated carbocycles. The van der Waals surface area contributed by atoms with Crippen LogP contribution in [0.4, 0.5) is 18.9 Å². The molecule has 3 nitrogen and oxygen atoms in total. The van der Waals surface area contributed by atoms with Gasteiger partial charge >= 0.3 is 6.18 Å². The van der Waals surface area contributed by atoms with Gasteiger partial charge in [-0.05, 0) is 52.6 Å². The quantitative estimate of drug-likeness (QED) is 0.833. The van der Waals surface area contributed by atoms with Gasteiger partial charge in [-0.3, -0.25) is 4.79 Å². The third-order valence-corrected chi connectivity index (χ3v) is 3.86. The summed E-state index contributed by atoms with van der Waals surface area (Å²) >= 11 is 4.65. The van der Waals surface area contributed by atoms with Crippen LogP contribution in [0.5, 0.6) is 0 Å². The zero-order valence-corrected chi connectivity index (χ0v) is 13.0. The van der Waals surface area contributed by atoms with Crippen LogP contribution < -0.4 is 11.1 Å². The topological polar surface area (TPSA) is 55.1 Å². The summed E-state index contributed by atoms with van der Waals surface area (Å²) in [6.07, 6.45) is -2.11. The fraction of sp³-hybridized carbons (Fsp3) is 0.417. The van der Waals surface area contributed by atoms with E-state index in [-0.39, 0.29) is 5.69 Å². The van der Waals surface area contributed by atoms with E-state index in [2.05, 4.69) is 21.2 Å². The summed E-state index contributed by atoms with van der Waals surface area (Å²) in [4.78, 5) is 11.8. The van der Waals surface area contributed by atoms with Crippen LogP contribution in [-0.2, 0) is 11.0 Å². The molecule has 3 N–H and O–H groups in total. The summed E-state index contributed by atoms with van der Waals surface area (Å²) in [5.41, 5.74) is 4.90. The maximum atomic E-state index is 12.6. The second-order valence-electron chi connectivity index (χ2n) is 4.07. The van der Waals surface area contributed by atoms with Gasteiger partial charge in [-0.25, -0.2) is 0 Å². The van der Waals surface area contributed by atoms with Crippen molar-refractivity contribution in [2.45, 2.75) is 18.6 Å². The predicted octanol–water partition coefficient (Wildman–Crippen LogP) is 3.49. The number of rotatable bonds is 5. The largest absolute Gasteiger partial charge is 0.416 e. The molecule has 0 aromatic heterocycles. The van der Waals surface area contributed by atoms with Gasteiger partial charge in [-0.1, -0.05) is 0 Å². The highest BCUT2D eigenvalue weighted by molar-refractivity contribution is 9.10. The highest BCUT2D eigenvalue weighted by Gasteiger charge is 2.31. The first-order valence-electron chi connectivity index (χ1n) is 5.68. The van der Waals surface area contributed by atoms with Crippen molar-refractivity contribution < 1.29 is 18.0 Å². The van der Waals surface area contributed by atoms with E-state index in [0.717, 1.165) is 12.1 Å². The standard InChI is InChI=1S/C12H14BrF3N2OS/c1-20-5-4-9(17)11(19)18-10-6-7(12(14,15)16)2-3-8(10)13/h2-3,6,9H,4-5,17H2,1H3,(H,18,19)/t9-/m1/s1. The lowest BCUT2D eigenvalue weighted by atomic mass is 10.1.